The maximum Gasteiger partial charge on any atom is 0.274 e. The van der Waals surface area contributed by atoms with Crippen molar-refractivity contribution in [1.29, 1.82) is 0 Å². The van der Waals surface area contributed by atoms with Gasteiger partial charge in [0, 0.05) is 24.5 Å². The van der Waals surface area contributed by atoms with Crippen molar-refractivity contribution in [3.63, 3.8) is 0 Å². The van der Waals surface area contributed by atoms with Crippen LogP contribution in [0.4, 0.5) is 11.4 Å². The van der Waals surface area contributed by atoms with Gasteiger partial charge in [-0.25, -0.2) is 0 Å². The van der Waals surface area contributed by atoms with Gasteiger partial charge in [0.15, 0.2) is 0 Å². The molecule has 1 N–H and O–H groups in total. The molecule has 0 atom stereocenters. The van der Waals surface area contributed by atoms with Crippen LogP contribution in [0, 0.1) is 0 Å². The normalized spacial score (nSPS) is 10.2. The molecule has 3 aromatic rings. The average molecular weight is 366 g/mol. The van der Waals surface area contributed by atoms with Gasteiger partial charge in [-0.15, -0.1) is 0 Å². The van der Waals surface area contributed by atoms with Crippen LogP contribution in [0.1, 0.15) is 20.8 Å². The zero-order valence-corrected chi connectivity index (χ0v) is 14.8. The van der Waals surface area contributed by atoms with Gasteiger partial charge in [0.1, 0.15) is 5.69 Å². The summed E-state index contributed by atoms with van der Waals surface area (Å²) in [6.07, 6.45) is 1.44. The van der Waals surface area contributed by atoms with Gasteiger partial charge in [0.2, 0.25) is 0 Å². The molecule has 2 amide bonds. The van der Waals surface area contributed by atoms with E-state index < -0.39 is 5.91 Å². The van der Waals surface area contributed by atoms with Crippen LogP contribution in [-0.4, -0.2) is 23.8 Å². The first-order valence-electron chi connectivity index (χ1n) is 7.91. The highest BCUT2D eigenvalue weighted by Gasteiger charge is 2.16. The Morgan fingerprint density at radius 2 is 1.69 bits per heavy atom. The van der Waals surface area contributed by atoms with Gasteiger partial charge in [-0.05, 0) is 36.4 Å². The minimum Gasteiger partial charge on any atom is -0.319 e. The Morgan fingerprint density at radius 3 is 2.42 bits per heavy atom. The number of nitrogens with one attached hydrogen (secondary N) is 1. The van der Waals surface area contributed by atoms with Crippen molar-refractivity contribution in [3.8, 4) is 0 Å². The van der Waals surface area contributed by atoms with Gasteiger partial charge >= 0.3 is 0 Å². The summed E-state index contributed by atoms with van der Waals surface area (Å²) < 4.78 is 0. The average Bonchev–Trinajstić information content (AvgIpc) is 2.69. The molecule has 0 radical (unpaired) electrons. The molecule has 0 bridgehead atoms. The van der Waals surface area contributed by atoms with Gasteiger partial charge in [0.05, 0.1) is 10.7 Å². The molecular formula is C20H16ClN3O2. The van der Waals surface area contributed by atoms with E-state index in [2.05, 4.69) is 10.3 Å². The quantitative estimate of drug-likeness (QED) is 0.751. The third-order valence-electron chi connectivity index (χ3n) is 3.81. The Balaban J connectivity index is 1.80. The van der Waals surface area contributed by atoms with Gasteiger partial charge in [-0.1, -0.05) is 41.9 Å². The molecular weight excluding hydrogens is 350 g/mol. The van der Waals surface area contributed by atoms with Crippen molar-refractivity contribution >= 4 is 34.8 Å². The van der Waals surface area contributed by atoms with Gasteiger partial charge < -0.3 is 10.2 Å². The molecule has 3 rings (SSSR count). The molecule has 0 unspecified atom stereocenters. The molecule has 0 saturated heterocycles. The molecule has 6 heteroatoms. The van der Waals surface area contributed by atoms with Crippen LogP contribution in [0.5, 0.6) is 0 Å². The number of anilines is 2. The minimum atomic E-state index is -0.435. The number of amides is 2. The molecule has 1 heterocycles. The van der Waals surface area contributed by atoms with Crippen molar-refractivity contribution in [1.82, 2.24) is 4.98 Å². The van der Waals surface area contributed by atoms with Crippen LogP contribution in [0.3, 0.4) is 0 Å². The molecule has 0 aliphatic carbocycles. The Labute approximate surface area is 156 Å². The first-order chi connectivity index (χ1) is 12.6. The second-order valence-electron chi connectivity index (χ2n) is 5.56. The molecule has 0 saturated carbocycles. The van der Waals surface area contributed by atoms with Crippen LogP contribution in [0.15, 0.2) is 72.9 Å². The number of benzene rings is 2. The lowest BCUT2D eigenvalue weighted by molar-refractivity contribution is 0.0993. The number of carbonyl (C=O) groups excluding carboxylic acids is 2. The van der Waals surface area contributed by atoms with Gasteiger partial charge in [-0.3, -0.25) is 14.6 Å². The van der Waals surface area contributed by atoms with E-state index in [-0.39, 0.29) is 11.6 Å². The van der Waals surface area contributed by atoms with Gasteiger partial charge in [0.25, 0.3) is 11.8 Å². The minimum absolute atomic E-state index is 0.136. The highest BCUT2D eigenvalue weighted by Crippen LogP contribution is 2.21. The standard InChI is InChI=1S/C20H16ClN3O2/c1-24(15-7-3-2-4-8-15)20(26)14-11-12-22-18(13-14)19(25)23-17-10-6-5-9-16(17)21/h2-13H,1H3,(H,23,25). The molecule has 130 valence electrons. The summed E-state index contributed by atoms with van der Waals surface area (Å²) in [5.74, 6) is -0.666. The number of aromatic nitrogens is 1. The maximum absolute atomic E-state index is 12.7. The molecule has 1 aromatic heterocycles. The van der Waals surface area contributed by atoms with Crippen LogP contribution >= 0.6 is 11.6 Å². The predicted octanol–water partition coefficient (Wildman–Crippen LogP) is 4.26. The highest BCUT2D eigenvalue weighted by molar-refractivity contribution is 6.33. The zero-order chi connectivity index (χ0) is 18.5. The lowest BCUT2D eigenvalue weighted by atomic mass is 10.2. The monoisotopic (exact) mass is 365 g/mol. The molecule has 0 aliphatic heterocycles. The Hall–Kier alpha value is -3.18. The van der Waals surface area contributed by atoms with E-state index in [0.717, 1.165) is 5.69 Å². The summed E-state index contributed by atoms with van der Waals surface area (Å²) >= 11 is 6.05. The Bertz CT molecular complexity index is 945. The lowest BCUT2D eigenvalue weighted by Gasteiger charge is -2.17. The topological polar surface area (TPSA) is 62.3 Å². The van der Waals surface area contributed by atoms with E-state index >= 15 is 0 Å². The van der Waals surface area contributed by atoms with Gasteiger partial charge in [-0.2, -0.15) is 0 Å². The molecule has 5 nitrogen and oxygen atoms in total. The Kier molecular flexibility index (Phi) is 5.29. The third-order valence-corrected chi connectivity index (χ3v) is 4.14. The fraction of sp³-hybridized carbons (Fsp3) is 0.0500. The molecule has 0 aliphatic rings. The van der Waals surface area contributed by atoms with Crippen molar-refractivity contribution < 1.29 is 9.59 Å². The first-order valence-corrected chi connectivity index (χ1v) is 8.29. The SMILES string of the molecule is CN(C(=O)c1ccnc(C(=O)Nc2ccccc2Cl)c1)c1ccccc1. The number of hydrogen-bond donors (Lipinski definition) is 1. The van der Waals surface area contributed by atoms with E-state index in [1.807, 2.05) is 30.3 Å². The second kappa shape index (κ2) is 7.80. The fourth-order valence-electron chi connectivity index (χ4n) is 2.40. The highest BCUT2D eigenvalue weighted by atomic mass is 35.5. The van der Waals surface area contributed by atoms with Crippen molar-refractivity contribution in [2.45, 2.75) is 0 Å². The van der Waals surface area contributed by atoms with Crippen LogP contribution in [-0.2, 0) is 0 Å². The number of para-hydroxylation sites is 2. The Morgan fingerprint density at radius 1 is 1.00 bits per heavy atom. The lowest BCUT2D eigenvalue weighted by Crippen LogP contribution is -2.26. The number of carbonyl (C=O) groups is 2. The number of rotatable bonds is 4. The first kappa shape index (κ1) is 17.6. The third kappa shape index (κ3) is 3.90. The number of pyridine rings is 1. The second-order valence-corrected chi connectivity index (χ2v) is 5.97. The van der Waals surface area contributed by atoms with E-state index in [0.29, 0.717) is 16.3 Å². The molecule has 26 heavy (non-hydrogen) atoms. The number of halogens is 1. The van der Waals surface area contributed by atoms with E-state index in [1.165, 1.54) is 17.2 Å². The van der Waals surface area contributed by atoms with E-state index in [1.54, 1.807) is 37.4 Å². The maximum atomic E-state index is 12.7. The van der Waals surface area contributed by atoms with Crippen molar-refractivity contribution in [3.05, 3.63) is 89.2 Å². The van der Waals surface area contributed by atoms with Crippen LogP contribution in [0.2, 0.25) is 5.02 Å². The van der Waals surface area contributed by atoms with Crippen LogP contribution < -0.4 is 10.2 Å². The molecule has 2 aromatic carbocycles. The van der Waals surface area contributed by atoms with Crippen molar-refractivity contribution in [2.24, 2.45) is 0 Å². The fourth-order valence-corrected chi connectivity index (χ4v) is 2.58. The van der Waals surface area contributed by atoms with Crippen molar-refractivity contribution in [2.75, 3.05) is 17.3 Å². The van der Waals surface area contributed by atoms with Crippen LogP contribution in [0.25, 0.3) is 0 Å². The summed E-state index contributed by atoms with van der Waals surface area (Å²) in [4.78, 5) is 30.7. The summed E-state index contributed by atoms with van der Waals surface area (Å²) in [6, 6.07) is 19.2. The molecule has 0 fully saturated rings. The number of nitrogens with zero attached hydrogens (tertiary/aromatic N) is 2. The summed E-state index contributed by atoms with van der Waals surface area (Å²) in [7, 11) is 1.68. The van der Waals surface area contributed by atoms with E-state index in [4.69, 9.17) is 11.6 Å². The summed E-state index contributed by atoms with van der Waals surface area (Å²) in [6.45, 7) is 0. The van der Waals surface area contributed by atoms with E-state index in [9.17, 15) is 9.59 Å². The summed E-state index contributed by atoms with van der Waals surface area (Å²) in [5.41, 5.74) is 1.75. The largest absolute Gasteiger partial charge is 0.319 e. The summed E-state index contributed by atoms with van der Waals surface area (Å²) in [5, 5.41) is 3.12. The number of hydrogen-bond acceptors (Lipinski definition) is 3. The molecule has 0 spiro atoms. The smallest absolute Gasteiger partial charge is 0.274 e. The zero-order valence-electron chi connectivity index (χ0n) is 14.0. The predicted molar refractivity (Wildman–Crippen MR) is 103 cm³/mol.